The molecule has 1 saturated heterocycles. The molecule has 216 valence electrons. The second-order valence-corrected chi connectivity index (χ2v) is 12.3. The van der Waals surface area contributed by atoms with Gasteiger partial charge in [-0.3, -0.25) is 14.4 Å². The van der Waals surface area contributed by atoms with E-state index < -0.39 is 30.7 Å². The van der Waals surface area contributed by atoms with Crippen LogP contribution in [0.25, 0.3) is 0 Å². The van der Waals surface area contributed by atoms with Crippen molar-refractivity contribution < 1.29 is 27.8 Å². The zero-order valence-electron chi connectivity index (χ0n) is 22.8. The zero-order valence-corrected chi connectivity index (χ0v) is 24.4. The molecule has 1 aromatic heterocycles. The summed E-state index contributed by atoms with van der Waals surface area (Å²) in [5.41, 5.74) is 1.84. The molecule has 2 amide bonds. The largest absolute Gasteiger partial charge is 0.448 e. The number of rotatable bonds is 6. The van der Waals surface area contributed by atoms with Gasteiger partial charge in [-0.1, -0.05) is 11.6 Å². The molecule has 1 aliphatic carbocycles. The van der Waals surface area contributed by atoms with Crippen molar-refractivity contribution in [2.24, 2.45) is 11.8 Å². The summed E-state index contributed by atoms with van der Waals surface area (Å²) < 4.78 is 39.0. The Labute approximate surface area is 240 Å². The number of fused-ring (bicyclic) bond motifs is 1. The zero-order chi connectivity index (χ0) is 29.0. The number of likely N-dealkylation sites (tertiary alicyclic amines) is 1. The van der Waals surface area contributed by atoms with Gasteiger partial charge in [-0.25, -0.2) is 8.78 Å². The van der Waals surface area contributed by atoms with Gasteiger partial charge < -0.3 is 24.7 Å². The number of aromatic amines is 1. The molecule has 0 unspecified atom stereocenters. The lowest BCUT2D eigenvalue weighted by Gasteiger charge is -2.42. The number of thioether (sulfide) groups is 1. The van der Waals surface area contributed by atoms with Crippen LogP contribution in [0.1, 0.15) is 59.8 Å². The Bertz CT molecular complexity index is 1420. The monoisotopic (exact) mass is 595 g/mol. The van der Waals surface area contributed by atoms with Crippen molar-refractivity contribution in [2.45, 2.75) is 69.6 Å². The van der Waals surface area contributed by atoms with Crippen LogP contribution in [0.3, 0.4) is 0 Å². The number of aryl methyl sites for hydroxylation is 1. The molecule has 12 heteroatoms. The SMILES string of the molecule is CSc1cc(C)[nH]c(=O)c1CNC(=O)c1cc(Cl)c2c(c1C)O[C@@](C)([C@H]1CC[C@@H](C(=O)N3CC(F)(F)C3)CC1)O2. The third kappa shape index (κ3) is 5.30. The summed E-state index contributed by atoms with van der Waals surface area (Å²) >= 11 is 7.99. The minimum atomic E-state index is -2.78. The average molecular weight is 596 g/mol. The van der Waals surface area contributed by atoms with Crippen LogP contribution >= 0.6 is 23.4 Å². The molecule has 0 bridgehead atoms. The molecule has 8 nitrogen and oxygen atoms in total. The fourth-order valence-electron chi connectivity index (χ4n) is 5.84. The predicted molar refractivity (Wildman–Crippen MR) is 148 cm³/mol. The summed E-state index contributed by atoms with van der Waals surface area (Å²) in [6.45, 7) is 4.42. The van der Waals surface area contributed by atoms with Crippen LogP contribution in [-0.4, -0.2) is 52.8 Å². The number of amides is 2. The Balaban J connectivity index is 1.26. The van der Waals surface area contributed by atoms with E-state index >= 15 is 0 Å². The highest BCUT2D eigenvalue weighted by Gasteiger charge is 2.51. The molecule has 1 atom stereocenters. The first-order valence-electron chi connectivity index (χ1n) is 13.2. The number of nitrogens with zero attached hydrogens (tertiary/aromatic N) is 1. The van der Waals surface area contributed by atoms with Crippen LogP contribution < -0.4 is 20.3 Å². The molecule has 2 aromatic rings. The number of pyridine rings is 1. The predicted octanol–water partition coefficient (Wildman–Crippen LogP) is 5.07. The third-order valence-corrected chi connectivity index (χ3v) is 9.23. The van der Waals surface area contributed by atoms with Crippen molar-refractivity contribution in [3.05, 3.63) is 49.9 Å². The summed E-state index contributed by atoms with van der Waals surface area (Å²) in [5, 5.41) is 3.05. The second-order valence-electron chi connectivity index (χ2n) is 11.0. The Kier molecular flexibility index (Phi) is 7.58. The molecule has 0 spiro atoms. The second kappa shape index (κ2) is 10.6. The van der Waals surface area contributed by atoms with E-state index in [1.165, 1.54) is 22.7 Å². The van der Waals surface area contributed by atoms with Gasteiger partial charge in [0.25, 0.3) is 23.2 Å². The summed E-state index contributed by atoms with van der Waals surface area (Å²) in [4.78, 5) is 43.1. The van der Waals surface area contributed by atoms with Crippen molar-refractivity contribution in [3.8, 4) is 11.5 Å². The van der Waals surface area contributed by atoms with Crippen LogP contribution in [0.5, 0.6) is 11.5 Å². The molecule has 40 heavy (non-hydrogen) atoms. The lowest BCUT2D eigenvalue weighted by Crippen LogP contribution is -2.60. The van der Waals surface area contributed by atoms with Crippen molar-refractivity contribution >= 4 is 35.2 Å². The lowest BCUT2D eigenvalue weighted by atomic mass is 9.77. The molecule has 2 aliphatic heterocycles. The van der Waals surface area contributed by atoms with E-state index in [0.717, 1.165) is 10.6 Å². The van der Waals surface area contributed by atoms with Gasteiger partial charge in [0.05, 0.1) is 18.1 Å². The van der Waals surface area contributed by atoms with Crippen LogP contribution in [-0.2, 0) is 11.3 Å². The summed E-state index contributed by atoms with van der Waals surface area (Å²) in [6, 6.07) is 3.40. The van der Waals surface area contributed by atoms with Crippen molar-refractivity contribution in [1.29, 1.82) is 0 Å². The number of hydrogen-bond acceptors (Lipinski definition) is 6. The van der Waals surface area contributed by atoms with E-state index in [0.29, 0.717) is 53.9 Å². The molecular formula is C28H32ClF2N3O5S. The number of nitrogens with one attached hydrogen (secondary N) is 2. The number of benzene rings is 1. The maximum Gasteiger partial charge on any atom is 0.282 e. The first-order chi connectivity index (χ1) is 18.8. The molecule has 3 heterocycles. The number of hydrogen-bond donors (Lipinski definition) is 2. The average Bonchev–Trinajstić information content (AvgIpc) is 3.27. The smallest absolute Gasteiger partial charge is 0.282 e. The Morgan fingerprint density at radius 2 is 1.80 bits per heavy atom. The van der Waals surface area contributed by atoms with Gasteiger partial charge in [0.2, 0.25) is 5.91 Å². The minimum Gasteiger partial charge on any atom is -0.448 e. The third-order valence-electron chi connectivity index (χ3n) is 8.14. The standard InChI is InChI=1S/C28H32ClF2N3O5S/c1-14-9-21(40-4)19(25(36)33-14)11-32-24(35)18-10-20(29)23-22(15(18)2)38-27(3,39-23)17-7-5-16(6-8-17)26(37)34-12-28(30,31)13-34/h9-10,16-17H,5-8,11-13H2,1-4H3,(H,32,35)(H,33,36)/t16-,17+,27-/m1/s1. The molecular weight excluding hydrogens is 564 g/mol. The van der Waals surface area contributed by atoms with Gasteiger partial charge in [-0.2, -0.15) is 0 Å². The first kappa shape index (κ1) is 28.7. The van der Waals surface area contributed by atoms with Gasteiger partial charge in [0, 0.05) is 52.6 Å². The van der Waals surface area contributed by atoms with E-state index in [9.17, 15) is 23.2 Å². The van der Waals surface area contributed by atoms with Gasteiger partial charge in [-0.15, -0.1) is 11.8 Å². The summed E-state index contributed by atoms with van der Waals surface area (Å²) in [5.74, 6) is -4.04. The number of H-pyrrole nitrogens is 1. The number of halogens is 3. The maximum absolute atomic E-state index is 13.2. The Hall–Kier alpha value is -2.79. The van der Waals surface area contributed by atoms with E-state index in [2.05, 4.69) is 10.3 Å². The Morgan fingerprint density at radius 1 is 1.15 bits per heavy atom. The van der Waals surface area contributed by atoms with Gasteiger partial charge in [-0.05, 0) is 57.9 Å². The molecule has 5 rings (SSSR count). The molecule has 2 fully saturated rings. The normalized spacial score (nSPS) is 24.9. The maximum atomic E-state index is 13.2. The number of carbonyl (C=O) groups excluding carboxylic acids is 2. The highest BCUT2D eigenvalue weighted by molar-refractivity contribution is 7.98. The number of ether oxygens (including phenoxy) is 2. The van der Waals surface area contributed by atoms with E-state index in [1.807, 2.05) is 19.2 Å². The van der Waals surface area contributed by atoms with Crippen molar-refractivity contribution in [2.75, 3.05) is 19.3 Å². The van der Waals surface area contributed by atoms with Crippen molar-refractivity contribution in [3.63, 3.8) is 0 Å². The van der Waals surface area contributed by atoms with Gasteiger partial charge >= 0.3 is 0 Å². The number of aromatic nitrogens is 1. The Morgan fingerprint density at radius 3 is 2.42 bits per heavy atom. The fourth-order valence-corrected chi connectivity index (χ4v) is 6.78. The highest BCUT2D eigenvalue weighted by Crippen LogP contribution is 2.52. The highest BCUT2D eigenvalue weighted by atomic mass is 35.5. The van der Waals surface area contributed by atoms with E-state index in [4.69, 9.17) is 21.1 Å². The van der Waals surface area contributed by atoms with Crippen LogP contribution in [0, 0.1) is 25.7 Å². The van der Waals surface area contributed by atoms with Crippen LogP contribution in [0.15, 0.2) is 21.8 Å². The van der Waals surface area contributed by atoms with Gasteiger partial charge in [0.1, 0.15) is 0 Å². The summed E-state index contributed by atoms with van der Waals surface area (Å²) in [6.07, 6.45) is 4.23. The van der Waals surface area contributed by atoms with Crippen molar-refractivity contribution in [1.82, 2.24) is 15.2 Å². The van der Waals surface area contributed by atoms with E-state index in [-0.39, 0.29) is 34.9 Å². The summed E-state index contributed by atoms with van der Waals surface area (Å²) in [7, 11) is 0. The fraction of sp³-hybridized carbons (Fsp3) is 0.536. The molecule has 1 saturated carbocycles. The molecule has 0 radical (unpaired) electrons. The van der Waals surface area contributed by atoms with Crippen LogP contribution in [0.4, 0.5) is 8.78 Å². The first-order valence-corrected chi connectivity index (χ1v) is 14.8. The topological polar surface area (TPSA) is 101 Å². The van der Waals surface area contributed by atoms with Crippen LogP contribution in [0.2, 0.25) is 5.02 Å². The lowest BCUT2D eigenvalue weighted by molar-refractivity contribution is -0.172. The molecule has 2 N–H and O–H groups in total. The molecule has 3 aliphatic rings. The van der Waals surface area contributed by atoms with E-state index in [1.54, 1.807) is 13.8 Å². The number of carbonyl (C=O) groups is 2. The minimum absolute atomic E-state index is 0.0465. The van der Waals surface area contributed by atoms with Gasteiger partial charge in [0.15, 0.2) is 11.5 Å². The number of alkyl halides is 2. The quantitative estimate of drug-likeness (QED) is 0.453. The molecule has 1 aromatic carbocycles.